The van der Waals surface area contributed by atoms with Crippen molar-refractivity contribution < 1.29 is 5.11 Å². The van der Waals surface area contributed by atoms with Crippen molar-refractivity contribution in [1.82, 2.24) is 0 Å². The van der Waals surface area contributed by atoms with Gasteiger partial charge >= 0.3 is 0 Å². The van der Waals surface area contributed by atoms with Crippen LogP contribution in [0, 0.1) is 17.3 Å². The summed E-state index contributed by atoms with van der Waals surface area (Å²) < 4.78 is 1.18. The lowest BCUT2D eigenvalue weighted by atomic mass is 9.65. The van der Waals surface area contributed by atoms with E-state index in [-0.39, 0.29) is 11.5 Å². The number of aliphatic hydroxyl groups excluding tert-OH is 1. The Labute approximate surface area is 125 Å². The highest BCUT2D eigenvalue weighted by Crippen LogP contribution is 2.42. The zero-order valence-corrected chi connectivity index (χ0v) is 13.8. The van der Waals surface area contributed by atoms with Crippen LogP contribution in [-0.2, 0) is 6.42 Å². The third-order valence-corrected chi connectivity index (χ3v) is 5.46. The summed E-state index contributed by atoms with van der Waals surface area (Å²) in [5.74, 6) is 1.08. The molecule has 0 aliphatic heterocycles. The third kappa shape index (κ3) is 3.61. The lowest BCUT2D eigenvalue weighted by molar-refractivity contribution is -0.0126. The van der Waals surface area contributed by atoms with Gasteiger partial charge in [0.2, 0.25) is 0 Å². The Hall–Kier alpha value is -0.340. The molecule has 0 heterocycles. The quantitative estimate of drug-likeness (QED) is 0.845. The molecule has 1 aromatic rings. The van der Waals surface area contributed by atoms with Gasteiger partial charge in [0.25, 0.3) is 0 Å². The molecule has 0 amide bonds. The molecular formula is C17H25BrO. The van der Waals surface area contributed by atoms with E-state index in [0.717, 1.165) is 19.3 Å². The SMILES string of the molecule is CC1CCC(C(C)(C)Cc2ccccc2Br)C(O)C1. The van der Waals surface area contributed by atoms with Gasteiger partial charge in [-0.2, -0.15) is 0 Å². The number of hydrogen-bond donors (Lipinski definition) is 1. The summed E-state index contributed by atoms with van der Waals surface area (Å²) in [5, 5.41) is 10.4. The second-order valence-electron chi connectivity index (χ2n) is 6.85. The molecule has 2 heteroatoms. The normalized spacial score (nSPS) is 28.4. The topological polar surface area (TPSA) is 20.2 Å². The van der Waals surface area contributed by atoms with E-state index in [1.807, 2.05) is 0 Å². The average Bonchev–Trinajstić information content (AvgIpc) is 2.31. The van der Waals surface area contributed by atoms with Crippen molar-refractivity contribution in [1.29, 1.82) is 0 Å². The molecule has 1 fully saturated rings. The van der Waals surface area contributed by atoms with Crippen molar-refractivity contribution in [2.24, 2.45) is 17.3 Å². The summed E-state index contributed by atoms with van der Waals surface area (Å²) in [6.45, 7) is 6.85. The molecule has 1 aliphatic carbocycles. The molecule has 1 saturated carbocycles. The minimum Gasteiger partial charge on any atom is -0.393 e. The van der Waals surface area contributed by atoms with Crippen molar-refractivity contribution in [3.63, 3.8) is 0 Å². The van der Waals surface area contributed by atoms with Gasteiger partial charge in [0.1, 0.15) is 0 Å². The molecule has 0 radical (unpaired) electrons. The van der Waals surface area contributed by atoms with Gasteiger partial charge in [-0.15, -0.1) is 0 Å². The molecule has 3 atom stereocenters. The molecule has 19 heavy (non-hydrogen) atoms. The van der Waals surface area contributed by atoms with Crippen molar-refractivity contribution in [3.05, 3.63) is 34.3 Å². The average molecular weight is 325 g/mol. The molecule has 1 aromatic carbocycles. The molecular weight excluding hydrogens is 300 g/mol. The van der Waals surface area contributed by atoms with E-state index in [0.29, 0.717) is 11.8 Å². The van der Waals surface area contributed by atoms with Gasteiger partial charge in [0.05, 0.1) is 6.10 Å². The zero-order chi connectivity index (χ0) is 14.0. The predicted octanol–water partition coefficient (Wildman–Crippen LogP) is 4.81. The van der Waals surface area contributed by atoms with Crippen molar-refractivity contribution in [2.45, 2.75) is 52.6 Å². The van der Waals surface area contributed by atoms with Gasteiger partial charge in [0.15, 0.2) is 0 Å². The Balaban J connectivity index is 2.12. The molecule has 2 rings (SSSR count). The lowest BCUT2D eigenvalue weighted by Crippen LogP contribution is -2.39. The van der Waals surface area contributed by atoms with Crippen LogP contribution in [-0.4, -0.2) is 11.2 Å². The smallest absolute Gasteiger partial charge is 0.0576 e. The summed E-state index contributed by atoms with van der Waals surface area (Å²) in [6.07, 6.45) is 4.25. The van der Waals surface area contributed by atoms with Crippen LogP contribution in [0.3, 0.4) is 0 Å². The fraction of sp³-hybridized carbons (Fsp3) is 0.647. The summed E-state index contributed by atoms with van der Waals surface area (Å²) in [5.41, 5.74) is 1.49. The summed E-state index contributed by atoms with van der Waals surface area (Å²) in [7, 11) is 0. The molecule has 1 aliphatic rings. The Bertz CT molecular complexity index is 427. The number of halogens is 1. The van der Waals surface area contributed by atoms with Crippen LogP contribution >= 0.6 is 15.9 Å². The maximum Gasteiger partial charge on any atom is 0.0576 e. The third-order valence-electron chi connectivity index (χ3n) is 4.69. The summed E-state index contributed by atoms with van der Waals surface area (Å²) in [4.78, 5) is 0. The Kier molecular flexibility index (Phi) is 4.73. The maximum atomic E-state index is 10.4. The predicted molar refractivity (Wildman–Crippen MR) is 84.1 cm³/mol. The van der Waals surface area contributed by atoms with Crippen molar-refractivity contribution >= 4 is 15.9 Å². The van der Waals surface area contributed by atoms with Crippen LogP contribution in [0.25, 0.3) is 0 Å². The van der Waals surface area contributed by atoms with E-state index in [9.17, 15) is 5.11 Å². The first-order valence-corrected chi connectivity index (χ1v) is 8.11. The van der Waals surface area contributed by atoms with Gasteiger partial charge in [-0.3, -0.25) is 0 Å². The Morgan fingerprint density at radius 1 is 1.26 bits per heavy atom. The lowest BCUT2D eigenvalue weighted by Gasteiger charge is -2.42. The monoisotopic (exact) mass is 324 g/mol. The largest absolute Gasteiger partial charge is 0.393 e. The summed E-state index contributed by atoms with van der Waals surface area (Å²) >= 11 is 3.64. The minimum absolute atomic E-state index is 0.138. The van der Waals surface area contributed by atoms with Crippen molar-refractivity contribution in [2.75, 3.05) is 0 Å². The minimum atomic E-state index is -0.138. The van der Waals surface area contributed by atoms with Gasteiger partial charge in [-0.1, -0.05) is 61.3 Å². The maximum absolute atomic E-state index is 10.4. The molecule has 0 saturated heterocycles. The first kappa shape index (κ1) is 15.1. The van der Waals surface area contributed by atoms with E-state index in [1.54, 1.807) is 0 Å². The van der Waals surface area contributed by atoms with Crippen LogP contribution in [0.4, 0.5) is 0 Å². The van der Waals surface area contributed by atoms with Gasteiger partial charge in [0, 0.05) is 4.47 Å². The fourth-order valence-electron chi connectivity index (χ4n) is 3.53. The molecule has 1 N–H and O–H groups in total. The highest BCUT2D eigenvalue weighted by Gasteiger charge is 2.38. The highest BCUT2D eigenvalue weighted by molar-refractivity contribution is 9.10. The van der Waals surface area contributed by atoms with Gasteiger partial charge in [-0.25, -0.2) is 0 Å². The first-order valence-electron chi connectivity index (χ1n) is 7.31. The number of aliphatic hydroxyl groups is 1. The van der Waals surface area contributed by atoms with E-state index in [1.165, 1.54) is 16.5 Å². The molecule has 0 spiro atoms. The van der Waals surface area contributed by atoms with Crippen LogP contribution in [0.5, 0.6) is 0 Å². The van der Waals surface area contributed by atoms with Crippen LogP contribution < -0.4 is 0 Å². The molecule has 1 nitrogen and oxygen atoms in total. The van der Waals surface area contributed by atoms with Crippen molar-refractivity contribution in [3.8, 4) is 0 Å². The number of hydrogen-bond acceptors (Lipinski definition) is 1. The second kappa shape index (κ2) is 5.97. The zero-order valence-electron chi connectivity index (χ0n) is 12.2. The second-order valence-corrected chi connectivity index (χ2v) is 7.70. The van der Waals surface area contributed by atoms with E-state index < -0.39 is 0 Å². The molecule has 3 unspecified atom stereocenters. The standard InChI is InChI=1S/C17H25BrO/c1-12-8-9-14(16(19)10-12)17(2,3)11-13-6-4-5-7-15(13)18/h4-7,12,14,16,19H,8-11H2,1-3H3. The molecule has 106 valence electrons. The van der Waals surface area contributed by atoms with E-state index >= 15 is 0 Å². The Morgan fingerprint density at radius 2 is 1.95 bits per heavy atom. The van der Waals surface area contributed by atoms with E-state index in [4.69, 9.17) is 0 Å². The van der Waals surface area contributed by atoms with E-state index in [2.05, 4.69) is 61.0 Å². The van der Waals surface area contributed by atoms with Gasteiger partial charge in [-0.05, 0) is 48.1 Å². The number of benzene rings is 1. The summed E-state index contributed by atoms with van der Waals surface area (Å²) in [6, 6.07) is 8.43. The first-order chi connectivity index (χ1) is 8.90. The Morgan fingerprint density at radius 3 is 2.58 bits per heavy atom. The van der Waals surface area contributed by atoms with Crippen LogP contribution in [0.2, 0.25) is 0 Å². The van der Waals surface area contributed by atoms with Crippen LogP contribution in [0.1, 0.15) is 45.6 Å². The highest BCUT2D eigenvalue weighted by atomic mass is 79.9. The molecule has 0 bridgehead atoms. The fourth-order valence-corrected chi connectivity index (χ4v) is 3.95. The van der Waals surface area contributed by atoms with Gasteiger partial charge < -0.3 is 5.11 Å². The van der Waals surface area contributed by atoms with Crippen LogP contribution in [0.15, 0.2) is 28.7 Å². The molecule has 0 aromatic heterocycles. The number of rotatable bonds is 3.